The molecule has 28 heavy (non-hydrogen) atoms. The predicted molar refractivity (Wildman–Crippen MR) is 106 cm³/mol. The number of benzene rings is 1. The topological polar surface area (TPSA) is 78.3 Å². The number of thiazole rings is 1. The molecular formula is C20H22N4O3S. The number of nitrogens with zero attached hydrogens (tertiary/aromatic N) is 3. The first-order valence-electron chi connectivity index (χ1n) is 9.17. The highest BCUT2D eigenvalue weighted by molar-refractivity contribution is 7.09. The molecule has 3 heterocycles. The molecule has 8 heteroatoms. The minimum absolute atomic E-state index is 0.0297. The van der Waals surface area contributed by atoms with Crippen molar-refractivity contribution < 1.29 is 14.3 Å². The van der Waals surface area contributed by atoms with E-state index in [0.717, 1.165) is 16.4 Å². The third-order valence-electron chi connectivity index (χ3n) is 4.89. The van der Waals surface area contributed by atoms with Gasteiger partial charge in [-0.15, -0.1) is 11.3 Å². The number of carbonyl (C=O) groups excluding carboxylic acids is 1. The Kier molecular flexibility index (Phi) is 5.40. The summed E-state index contributed by atoms with van der Waals surface area (Å²) in [5.41, 5.74) is 1.65. The van der Waals surface area contributed by atoms with Gasteiger partial charge in [-0.25, -0.2) is 9.67 Å². The molecule has 0 bridgehead atoms. The van der Waals surface area contributed by atoms with Gasteiger partial charge in [0.2, 0.25) is 5.91 Å². The fourth-order valence-corrected chi connectivity index (χ4v) is 4.16. The normalized spacial score (nSPS) is 20.1. The Balaban J connectivity index is 1.58. The maximum absolute atomic E-state index is 13.0. The second-order valence-corrected chi connectivity index (χ2v) is 7.55. The van der Waals surface area contributed by atoms with Crippen molar-refractivity contribution in [2.45, 2.75) is 25.5 Å². The van der Waals surface area contributed by atoms with E-state index >= 15 is 0 Å². The van der Waals surface area contributed by atoms with E-state index in [9.17, 15) is 4.79 Å². The number of hydrogen-bond acceptors (Lipinski definition) is 6. The third kappa shape index (κ3) is 3.53. The van der Waals surface area contributed by atoms with Crippen LogP contribution in [-0.4, -0.2) is 34.4 Å². The summed E-state index contributed by atoms with van der Waals surface area (Å²) in [6.07, 6.45) is 3.76. The molecule has 1 saturated heterocycles. The minimum atomic E-state index is -0.365. The van der Waals surface area contributed by atoms with Gasteiger partial charge < -0.3 is 14.8 Å². The Labute approximate surface area is 167 Å². The van der Waals surface area contributed by atoms with Gasteiger partial charge in [-0.05, 0) is 31.5 Å². The summed E-state index contributed by atoms with van der Waals surface area (Å²) >= 11 is 1.53. The summed E-state index contributed by atoms with van der Waals surface area (Å²) in [6.45, 7) is 2.48. The molecule has 3 aromatic rings. The molecule has 4 rings (SSSR count). The summed E-state index contributed by atoms with van der Waals surface area (Å²) < 4.78 is 13.2. The van der Waals surface area contributed by atoms with Crippen LogP contribution in [0.5, 0.6) is 5.75 Å². The Morgan fingerprint density at radius 1 is 1.36 bits per heavy atom. The van der Waals surface area contributed by atoms with E-state index in [1.54, 1.807) is 24.2 Å². The van der Waals surface area contributed by atoms with E-state index in [0.29, 0.717) is 18.8 Å². The van der Waals surface area contributed by atoms with E-state index in [4.69, 9.17) is 9.47 Å². The van der Waals surface area contributed by atoms with Gasteiger partial charge in [0.1, 0.15) is 22.5 Å². The lowest BCUT2D eigenvalue weighted by Gasteiger charge is -2.21. The van der Waals surface area contributed by atoms with Crippen molar-refractivity contribution in [2.24, 2.45) is 5.92 Å². The molecule has 1 aliphatic rings. The number of methoxy groups -OCH3 is 1. The Hall–Kier alpha value is -2.71. The molecule has 3 atom stereocenters. The molecule has 1 aromatic carbocycles. The van der Waals surface area contributed by atoms with Gasteiger partial charge >= 0.3 is 0 Å². The first-order valence-corrected chi connectivity index (χ1v) is 10.1. The molecule has 1 fully saturated rings. The van der Waals surface area contributed by atoms with Crippen molar-refractivity contribution in [3.05, 3.63) is 58.8 Å². The number of nitrogens with one attached hydrogen (secondary N) is 1. The first kappa shape index (κ1) is 18.6. The van der Waals surface area contributed by atoms with E-state index in [1.807, 2.05) is 42.6 Å². The Morgan fingerprint density at radius 2 is 2.21 bits per heavy atom. The SMILES string of the molecule is COc1ccccc1-n1nccc1[C@H]1OCC[C@@H]1C(=O)NC(C)c1nccs1. The van der Waals surface area contributed by atoms with E-state index < -0.39 is 0 Å². The van der Waals surface area contributed by atoms with Gasteiger partial charge in [-0.1, -0.05) is 12.1 Å². The zero-order valence-corrected chi connectivity index (χ0v) is 16.6. The number of hydrogen-bond donors (Lipinski definition) is 1. The first-order chi connectivity index (χ1) is 13.7. The molecule has 0 radical (unpaired) electrons. The zero-order valence-electron chi connectivity index (χ0n) is 15.7. The molecule has 1 amide bonds. The van der Waals surface area contributed by atoms with Crippen LogP contribution in [0.4, 0.5) is 0 Å². The van der Waals surface area contributed by atoms with Crippen molar-refractivity contribution >= 4 is 17.2 Å². The van der Waals surface area contributed by atoms with Gasteiger partial charge in [0, 0.05) is 24.4 Å². The molecule has 0 spiro atoms. The number of aromatic nitrogens is 3. The van der Waals surface area contributed by atoms with E-state index in [2.05, 4.69) is 15.4 Å². The van der Waals surface area contributed by atoms with Crippen molar-refractivity contribution in [1.82, 2.24) is 20.1 Å². The van der Waals surface area contributed by atoms with Crippen LogP contribution in [0.15, 0.2) is 48.1 Å². The molecule has 1 unspecified atom stereocenters. The zero-order chi connectivity index (χ0) is 19.5. The molecule has 2 aromatic heterocycles. The average molecular weight is 398 g/mol. The Morgan fingerprint density at radius 3 is 3.00 bits per heavy atom. The average Bonchev–Trinajstić information content (AvgIpc) is 3.48. The predicted octanol–water partition coefficient (Wildman–Crippen LogP) is 3.29. The summed E-state index contributed by atoms with van der Waals surface area (Å²) in [6, 6.07) is 9.42. The monoisotopic (exact) mass is 398 g/mol. The number of carbonyl (C=O) groups is 1. The maximum Gasteiger partial charge on any atom is 0.226 e. The number of ether oxygens (including phenoxy) is 2. The van der Waals surface area contributed by atoms with Gasteiger partial charge in [-0.3, -0.25) is 4.79 Å². The van der Waals surface area contributed by atoms with Gasteiger partial charge in [0.05, 0.1) is 24.8 Å². The number of rotatable bonds is 6. The molecule has 0 saturated carbocycles. The second-order valence-electron chi connectivity index (χ2n) is 6.63. The fourth-order valence-electron chi connectivity index (χ4n) is 3.52. The number of amides is 1. The van der Waals surface area contributed by atoms with Gasteiger partial charge in [0.25, 0.3) is 0 Å². The standard InChI is InChI=1S/C20H22N4O3S/c1-13(20-21-10-12-28-20)23-19(25)14-8-11-27-18(14)16-7-9-22-24(16)15-5-3-4-6-17(15)26-2/h3-7,9-10,12-14,18H,8,11H2,1-2H3,(H,23,25)/t13?,14-,18-/m0/s1. The smallest absolute Gasteiger partial charge is 0.226 e. The largest absolute Gasteiger partial charge is 0.494 e. The molecule has 146 valence electrons. The van der Waals surface area contributed by atoms with Crippen molar-refractivity contribution in [3.8, 4) is 11.4 Å². The van der Waals surface area contributed by atoms with Crippen LogP contribution in [0.3, 0.4) is 0 Å². The highest BCUT2D eigenvalue weighted by atomic mass is 32.1. The summed E-state index contributed by atoms with van der Waals surface area (Å²) in [5, 5.41) is 10.3. The van der Waals surface area contributed by atoms with Crippen LogP contribution in [0.1, 0.15) is 36.2 Å². The highest BCUT2D eigenvalue weighted by Gasteiger charge is 2.38. The van der Waals surface area contributed by atoms with Crippen molar-refractivity contribution in [3.63, 3.8) is 0 Å². The van der Waals surface area contributed by atoms with Gasteiger partial charge in [-0.2, -0.15) is 5.10 Å². The summed E-state index contributed by atoms with van der Waals surface area (Å²) in [4.78, 5) is 17.2. The summed E-state index contributed by atoms with van der Waals surface area (Å²) in [5.74, 6) is 0.398. The van der Waals surface area contributed by atoms with E-state index in [-0.39, 0.29) is 24.0 Å². The second kappa shape index (κ2) is 8.12. The van der Waals surface area contributed by atoms with Crippen LogP contribution in [0.25, 0.3) is 5.69 Å². The van der Waals surface area contributed by atoms with Crippen LogP contribution < -0.4 is 10.1 Å². The molecule has 7 nitrogen and oxygen atoms in total. The van der Waals surface area contributed by atoms with Crippen LogP contribution in [-0.2, 0) is 9.53 Å². The van der Waals surface area contributed by atoms with Gasteiger partial charge in [0.15, 0.2) is 0 Å². The van der Waals surface area contributed by atoms with Crippen molar-refractivity contribution in [1.29, 1.82) is 0 Å². The lowest BCUT2D eigenvalue weighted by molar-refractivity contribution is -0.127. The molecule has 1 N–H and O–H groups in total. The Bertz CT molecular complexity index is 941. The lowest BCUT2D eigenvalue weighted by atomic mass is 9.97. The van der Waals surface area contributed by atoms with Crippen LogP contribution >= 0.6 is 11.3 Å². The third-order valence-corrected chi connectivity index (χ3v) is 5.84. The quantitative estimate of drug-likeness (QED) is 0.689. The number of para-hydroxylation sites is 2. The van der Waals surface area contributed by atoms with E-state index in [1.165, 1.54) is 11.3 Å². The van der Waals surface area contributed by atoms with Crippen molar-refractivity contribution in [2.75, 3.05) is 13.7 Å². The highest BCUT2D eigenvalue weighted by Crippen LogP contribution is 2.37. The lowest BCUT2D eigenvalue weighted by Crippen LogP contribution is -2.34. The summed E-state index contributed by atoms with van der Waals surface area (Å²) in [7, 11) is 1.63. The van der Waals surface area contributed by atoms with Crippen LogP contribution in [0.2, 0.25) is 0 Å². The maximum atomic E-state index is 13.0. The fraction of sp³-hybridized carbons (Fsp3) is 0.350. The van der Waals surface area contributed by atoms with Crippen LogP contribution in [0, 0.1) is 5.92 Å². The molecule has 1 aliphatic heterocycles. The minimum Gasteiger partial charge on any atom is -0.494 e. The molecule has 0 aliphatic carbocycles. The molecular weight excluding hydrogens is 376 g/mol.